The number of rotatable bonds is 5. The molecule has 0 fully saturated rings. The van der Waals surface area contributed by atoms with Crippen LogP contribution in [-0.4, -0.2) is 8.42 Å². The lowest BCUT2D eigenvalue weighted by Gasteiger charge is -2.08. The van der Waals surface area contributed by atoms with Crippen LogP contribution in [0.2, 0.25) is 0 Å². The van der Waals surface area contributed by atoms with Crippen molar-refractivity contribution in [3.63, 3.8) is 0 Å². The van der Waals surface area contributed by atoms with E-state index in [0.717, 1.165) is 0 Å². The first kappa shape index (κ1) is 15.2. The lowest BCUT2D eigenvalue weighted by atomic mass is 10.1. The van der Waals surface area contributed by atoms with Gasteiger partial charge >= 0.3 is 0 Å². The van der Waals surface area contributed by atoms with E-state index >= 15 is 0 Å². The van der Waals surface area contributed by atoms with Gasteiger partial charge in [-0.3, -0.25) is 0 Å². The van der Waals surface area contributed by atoms with Crippen molar-refractivity contribution >= 4 is 10.0 Å². The predicted molar refractivity (Wildman–Crippen MR) is 77.0 cm³/mol. The van der Waals surface area contributed by atoms with Gasteiger partial charge in [-0.25, -0.2) is 17.5 Å². The first-order chi connectivity index (χ1) is 10.00. The van der Waals surface area contributed by atoms with Crippen molar-refractivity contribution in [3.8, 4) is 6.07 Å². The summed E-state index contributed by atoms with van der Waals surface area (Å²) in [5, 5.41) is 8.79. The fourth-order valence-electron chi connectivity index (χ4n) is 1.82. The van der Waals surface area contributed by atoms with Crippen molar-refractivity contribution < 1.29 is 12.8 Å². The third kappa shape index (κ3) is 4.38. The molecule has 0 heterocycles. The van der Waals surface area contributed by atoms with Gasteiger partial charge in [0.15, 0.2) is 0 Å². The zero-order valence-electron chi connectivity index (χ0n) is 11.1. The molecule has 0 saturated carbocycles. The van der Waals surface area contributed by atoms with E-state index in [4.69, 9.17) is 5.26 Å². The summed E-state index contributed by atoms with van der Waals surface area (Å²) in [5.41, 5.74) is 1.25. The van der Waals surface area contributed by atoms with Gasteiger partial charge in [0.2, 0.25) is 10.0 Å². The SMILES string of the molecule is N#Cc1cccc(CNS(=O)(=O)Cc2ccccc2F)c1. The molecule has 0 aliphatic heterocycles. The molecule has 0 aromatic heterocycles. The summed E-state index contributed by atoms with van der Waals surface area (Å²) < 4.78 is 39.7. The lowest BCUT2D eigenvalue weighted by molar-refractivity contribution is 0.574. The molecule has 0 saturated heterocycles. The van der Waals surface area contributed by atoms with Gasteiger partial charge in [0.05, 0.1) is 17.4 Å². The van der Waals surface area contributed by atoms with E-state index in [1.807, 2.05) is 6.07 Å². The van der Waals surface area contributed by atoms with Crippen molar-refractivity contribution in [3.05, 3.63) is 71.0 Å². The van der Waals surface area contributed by atoms with Crippen LogP contribution in [0.3, 0.4) is 0 Å². The molecule has 0 atom stereocenters. The van der Waals surface area contributed by atoms with Gasteiger partial charge in [0.1, 0.15) is 5.82 Å². The third-order valence-electron chi connectivity index (χ3n) is 2.86. The maximum Gasteiger partial charge on any atom is 0.216 e. The summed E-state index contributed by atoms with van der Waals surface area (Å²) in [4.78, 5) is 0. The maximum absolute atomic E-state index is 13.5. The molecule has 108 valence electrons. The first-order valence-corrected chi connectivity index (χ1v) is 7.85. The van der Waals surface area contributed by atoms with Crippen molar-refractivity contribution in [1.29, 1.82) is 5.26 Å². The smallest absolute Gasteiger partial charge is 0.212 e. The number of halogens is 1. The Morgan fingerprint density at radius 3 is 2.62 bits per heavy atom. The van der Waals surface area contributed by atoms with Crippen LogP contribution >= 0.6 is 0 Å². The van der Waals surface area contributed by atoms with E-state index in [1.165, 1.54) is 18.2 Å². The van der Waals surface area contributed by atoms with Crippen molar-refractivity contribution in [2.24, 2.45) is 0 Å². The van der Waals surface area contributed by atoms with Crippen LogP contribution in [0.4, 0.5) is 4.39 Å². The molecule has 4 nitrogen and oxygen atoms in total. The highest BCUT2D eigenvalue weighted by Crippen LogP contribution is 2.11. The Balaban J connectivity index is 2.05. The first-order valence-electron chi connectivity index (χ1n) is 6.20. The second-order valence-electron chi connectivity index (χ2n) is 4.48. The Bertz CT molecular complexity index is 782. The van der Waals surface area contributed by atoms with Gasteiger partial charge in [0, 0.05) is 12.1 Å². The van der Waals surface area contributed by atoms with Crippen LogP contribution in [0.1, 0.15) is 16.7 Å². The molecule has 0 amide bonds. The average molecular weight is 304 g/mol. The lowest BCUT2D eigenvalue weighted by Crippen LogP contribution is -2.25. The molecule has 0 unspecified atom stereocenters. The van der Waals surface area contributed by atoms with Crippen molar-refractivity contribution in [2.45, 2.75) is 12.3 Å². The van der Waals surface area contributed by atoms with Gasteiger partial charge in [-0.1, -0.05) is 30.3 Å². The molecule has 0 radical (unpaired) electrons. The van der Waals surface area contributed by atoms with Crippen LogP contribution in [0.15, 0.2) is 48.5 Å². The topological polar surface area (TPSA) is 70.0 Å². The van der Waals surface area contributed by atoms with E-state index in [0.29, 0.717) is 11.1 Å². The maximum atomic E-state index is 13.5. The van der Waals surface area contributed by atoms with Crippen LogP contribution < -0.4 is 4.72 Å². The molecule has 2 rings (SSSR count). The normalized spacial score (nSPS) is 11.0. The average Bonchev–Trinajstić information content (AvgIpc) is 2.48. The molecule has 0 bridgehead atoms. The minimum absolute atomic E-state index is 0.0618. The Morgan fingerprint density at radius 2 is 1.90 bits per heavy atom. The quantitative estimate of drug-likeness (QED) is 0.921. The van der Waals surface area contributed by atoms with Crippen molar-refractivity contribution in [2.75, 3.05) is 0 Å². The van der Waals surface area contributed by atoms with E-state index in [1.54, 1.807) is 30.3 Å². The highest BCUT2D eigenvalue weighted by Gasteiger charge is 2.14. The van der Waals surface area contributed by atoms with Gasteiger partial charge in [-0.15, -0.1) is 0 Å². The molecular formula is C15H13FN2O2S. The molecule has 0 spiro atoms. The number of hydrogen-bond donors (Lipinski definition) is 1. The van der Waals surface area contributed by atoms with Crippen LogP contribution in [0.25, 0.3) is 0 Å². The van der Waals surface area contributed by atoms with E-state index in [9.17, 15) is 12.8 Å². The molecule has 21 heavy (non-hydrogen) atoms. The summed E-state index contributed by atoms with van der Waals surface area (Å²) in [5.74, 6) is -0.966. The monoisotopic (exact) mass is 304 g/mol. The zero-order valence-corrected chi connectivity index (χ0v) is 11.9. The molecule has 2 aromatic rings. The number of nitriles is 1. The Labute approximate surface area is 122 Å². The van der Waals surface area contributed by atoms with Crippen LogP contribution in [0.5, 0.6) is 0 Å². The molecule has 6 heteroatoms. The Kier molecular flexibility index (Phi) is 4.68. The summed E-state index contributed by atoms with van der Waals surface area (Å²) in [6.07, 6.45) is 0. The summed E-state index contributed by atoms with van der Waals surface area (Å²) in [7, 11) is -3.65. The molecule has 1 N–H and O–H groups in total. The molecule has 0 aliphatic rings. The summed E-state index contributed by atoms with van der Waals surface area (Å²) >= 11 is 0. The van der Waals surface area contributed by atoms with E-state index < -0.39 is 21.6 Å². The van der Waals surface area contributed by atoms with E-state index in [-0.39, 0.29) is 12.1 Å². The fourth-order valence-corrected chi connectivity index (χ4v) is 2.95. The predicted octanol–water partition coefficient (Wildman–Crippen LogP) is 2.32. The van der Waals surface area contributed by atoms with Gasteiger partial charge < -0.3 is 0 Å². The summed E-state index contributed by atoms with van der Waals surface area (Å²) in [6, 6.07) is 14.4. The molecule has 0 aliphatic carbocycles. The highest BCUT2D eigenvalue weighted by atomic mass is 32.2. The van der Waals surface area contributed by atoms with Crippen LogP contribution in [0, 0.1) is 17.1 Å². The Hall–Kier alpha value is -2.23. The standard InChI is InChI=1S/C15H13FN2O2S/c16-15-7-2-1-6-14(15)11-21(19,20)18-10-13-5-3-4-12(8-13)9-17/h1-8,18H,10-11H2. The molecular weight excluding hydrogens is 291 g/mol. The Morgan fingerprint density at radius 1 is 1.14 bits per heavy atom. The minimum atomic E-state index is -3.65. The minimum Gasteiger partial charge on any atom is -0.212 e. The van der Waals surface area contributed by atoms with Gasteiger partial charge in [-0.05, 0) is 23.8 Å². The van der Waals surface area contributed by atoms with E-state index in [2.05, 4.69) is 4.72 Å². The third-order valence-corrected chi connectivity index (χ3v) is 4.13. The number of nitrogens with one attached hydrogen (secondary N) is 1. The van der Waals surface area contributed by atoms with Crippen LogP contribution in [-0.2, 0) is 22.3 Å². The van der Waals surface area contributed by atoms with Gasteiger partial charge in [-0.2, -0.15) is 5.26 Å². The summed E-state index contributed by atoms with van der Waals surface area (Å²) in [6.45, 7) is 0.0618. The largest absolute Gasteiger partial charge is 0.216 e. The second-order valence-corrected chi connectivity index (χ2v) is 6.29. The van der Waals surface area contributed by atoms with Crippen molar-refractivity contribution in [1.82, 2.24) is 4.72 Å². The number of sulfonamides is 1. The fraction of sp³-hybridized carbons (Fsp3) is 0.133. The number of nitrogens with zero attached hydrogens (tertiary/aromatic N) is 1. The highest BCUT2D eigenvalue weighted by molar-refractivity contribution is 7.88. The number of benzene rings is 2. The van der Waals surface area contributed by atoms with Gasteiger partial charge in [0.25, 0.3) is 0 Å². The molecule has 2 aromatic carbocycles. The second kappa shape index (κ2) is 6.48. The zero-order chi connectivity index (χ0) is 15.3. The number of hydrogen-bond acceptors (Lipinski definition) is 3.